The van der Waals surface area contributed by atoms with E-state index in [0.717, 1.165) is 0 Å². The van der Waals surface area contributed by atoms with Crippen LogP contribution < -0.4 is 10.9 Å². The van der Waals surface area contributed by atoms with E-state index in [-0.39, 0.29) is 18.0 Å². The van der Waals surface area contributed by atoms with Crippen LogP contribution in [-0.2, 0) is 11.3 Å². The lowest BCUT2D eigenvalue weighted by molar-refractivity contribution is -0.121. The number of amides is 1. The summed E-state index contributed by atoms with van der Waals surface area (Å²) in [5, 5.41) is 7.56. The molecule has 0 atom stereocenters. The summed E-state index contributed by atoms with van der Waals surface area (Å²) in [6.07, 6.45) is 2.77. The van der Waals surface area contributed by atoms with Gasteiger partial charge in [-0.2, -0.15) is 5.10 Å². The zero-order chi connectivity index (χ0) is 15.7. The second-order valence-electron chi connectivity index (χ2n) is 4.62. The molecule has 0 spiro atoms. The zero-order valence-corrected chi connectivity index (χ0v) is 12.4. The Morgan fingerprint density at radius 1 is 1.41 bits per heavy atom. The van der Waals surface area contributed by atoms with Crippen LogP contribution >= 0.6 is 11.6 Å². The standard InChI is InChI=1S/C14H12ClN5O2/c1-16-12(21)7-19-8-17-13-11(14(19)22)6-18-20(13)10-4-2-3-9(15)5-10/h2-6,8H,7H2,1H3,(H,16,21). The number of hydrogen-bond donors (Lipinski definition) is 1. The number of rotatable bonds is 3. The fourth-order valence-electron chi connectivity index (χ4n) is 2.09. The first-order valence-corrected chi connectivity index (χ1v) is 6.87. The smallest absolute Gasteiger partial charge is 0.264 e. The first-order chi connectivity index (χ1) is 10.6. The molecule has 3 rings (SSSR count). The molecule has 1 N–H and O–H groups in total. The normalized spacial score (nSPS) is 10.8. The van der Waals surface area contributed by atoms with Crippen molar-refractivity contribution in [1.29, 1.82) is 0 Å². The molecule has 0 aliphatic carbocycles. The van der Waals surface area contributed by atoms with E-state index >= 15 is 0 Å². The van der Waals surface area contributed by atoms with Crippen molar-refractivity contribution >= 4 is 28.5 Å². The van der Waals surface area contributed by atoms with Gasteiger partial charge in [-0.25, -0.2) is 9.67 Å². The summed E-state index contributed by atoms with van der Waals surface area (Å²) in [6.45, 7) is -0.0827. The van der Waals surface area contributed by atoms with Crippen molar-refractivity contribution in [3.8, 4) is 5.69 Å². The van der Waals surface area contributed by atoms with Crippen LogP contribution in [0.3, 0.4) is 0 Å². The average molecular weight is 318 g/mol. The minimum absolute atomic E-state index is 0.0827. The van der Waals surface area contributed by atoms with E-state index in [1.54, 1.807) is 18.2 Å². The molecule has 0 unspecified atom stereocenters. The highest BCUT2D eigenvalue weighted by atomic mass is 35.5. The van der Waals surface area contributed by atoms with Gasteiger partial charge >= 0.3 is 0 Å². The fourth-order valence-corrected chi connectivity index (χ4v) is 2.28. The number of halogens is 1. The van der Waals surface area contributed by atoms with Gasteiger partial charge in [-0.15, -0.1) is 0 Å². The Morgan fingerprint density at radius 2 is 2.23 bits per heavy atom. The number of likely N-dealkylation sites (N-methyl/N-ethyl adjacent to an activating group) is 1. The van der Waals surface area contributed by atoms with Gasteiger partial charge in [0.05, 0.1) is 11.9 Å². The van der Waals surface area contributed by atoms with Gasteiger partial charge in [0, 0.05) is 12.1 Å². The van der Waals surface area contributed by atoms with Crippen molar-refractivity contribution in [3.05, 3.63) is 52.2 Å². The van der Waals surface area contributed by atoms with Gasteiger partial charge < -0.3 is 5.32 Å². The summed E-state index contributed by atoms with van der Waals surface area (Å²) in [5.74, 6) is -0.273. The van der Waals surface area contributed by atoms with Gasteiger partial charge in [0.25, 0.3) is 5.56 Å². The molecule has 2 aromatic heterocycles. The molecule has 0 aliphatic rings. The highest BCUT2D eigenvalue weighted by Gasteiger charge is 2.12. The lowest BCUT2D eigenvalue weighted by atomic mass is 10.3. The largest absolute Gasteiger partial charge is 0.358 e. The Hall–Kier alpha value is -2.67. The van der Waals surface area contributed by atoms with Crippen LogP contribution in [0.5, 0.6) is 0 Å². The van der Waals surface area contributed by atoms with Crippen LogP contribution in [0.25, 0.3) is 16.7 Å². The molecule has 22 heavy (non-hydrogen) atoms. The molecular weight excluding hydrogens is 306 g/mol. The third-order valence-corrected chi connectivity index (χ3v) is 3.44. The predicted molar refractivity (Wildman–Crippen MR) is 82.2 cm³/mol. The molecule has 7 nitrogen and oxygen atoms in total. The lowest BCUT2D eigenvalue weighted by Gasteiger charge is -2.05. The Morgan fingerprint density at radius 3 is 2.95 bits per heavy atom. The number of aromatic nitrogens is 4. The molecule has 8 heteroatoms. The molecule has 0 bridgehead atoms. The number of hydrogen-bond acceptors (Lipinski definition) is 4. The van der Waals surface area contributed by atoms with Gasteiger partial charge in [0.15, 0.2) is 5.65 Å². The maximum absolute atomic E-state index is 12.4. The van der Waals surface area contributed by atoms with E-state index < -0.39 is 0 Å². The van der Waals surface area contributed by atoms with E-state index in [9.17, 15) is 9.59 Å². The molecule has 3 aromatic rings. The quantitative estimate of drug-likeness (QED) is 0.780. The second kappa shape index (κ2) is 5.61. The summed E-state index contributed by atoms with van der Waals surface area (Å²) in [4.78, 5) is 28.0. The van der Waals surface area contributed by atoms with Crippen LogP contribution in [-0.4, -0.2) is 32.3 Å². The third kappa shape index (κ3) is 2.46. The van der Waals surface area contributed by atoms with Crippen molar-refractivity contribution < 1.29 is 4.79 Å². The van der Waals surface area contributed by atoms with Gasteiger partial charge in [-0.1, -0.05) is 17.7 Å². The van der Waals surface area contributed by atoms with Crippen molar-refractivity contribution in [1.82, 2.24) is 24.6 Å². The van der Waals surface area contributed by atoms with Crippen LogP contribution in [0.15, 0.2) is 41.6 Å². The van der Waals surface area contributed by atoms with Crippen molar-refractivity contribution in [2.45, 2.75) is 6.54 Å². The monoisotopic (exact) mass is 317 g/mol. The maximum atomic E-state index is 12.4. The Bertz CT molecular complexity index is 915. The molecule has 0 saturated carbocycles. The molecule has 2 heterocycles. The van der Waals surface area contributed by atoms with Gasteiger partial charge in [0.1, 0.15) is 18.3 Å². The van der Waals surface area contributed by atoms with Crippen LogP contribution in [0.1, 0.15) is 0 Å². The Balaban J connectivity index is 2.12. The summed E-state index contributed by atoms with van der Waals surface area (Å²) in [6, 6.07) is 7.08. The SMILES string of the molecule is CNC(=O)Cn1cnc2c(cnn2-c2cccc(Cl)c2)c1=O. The van der Waals surface area contributed by atoms with Gasteiger partial charge in [-0.05, 0) is 18.2 Å². The summed E-state index contributed by atoms with van der Waals surface area (Å²) < 4.78 is 2.78. The van der Waals surface area contributed by atoms with E-state index in [1.807, 2.05) is 6.07 Å². The summed E-state index contributed by atoms with van der Waals surface area (Å²) in [7, 11) is 1.51. The van der Waals surface area contributed by atoms with Crippen LogP contribution in [0, 0.1) is 0 Å². The third-order valence-electron chi connectivity index (χ3n) is 3.20. The second-order valence-corrected chi connectivity index (χ2v) is 5.06. The molecule has 0 aliphatic heterocycles. The number of benzene rings is 1. The number of carbonyl (C=O) groups excluding carboxylic acids is 1. The minimum Gasteiger partial charge on any atom is -0.358 e. The molecule has 0 saturated heterocycles. The van der Waals surface area contributed by atoms with Gasteiger partial charge in [-0.3, -0.25) is 14.2 Å². The Labute approximate surface area is 130 Å². The van der Waals surface area contributed by atoms with Gasteiger partial charge in [0.2, 0.25) is 5.91 Å². The fraction of sp³-hybridized carbons (Fsp3) is 0.143. The lowest BCUT2D eigenvalue weighted by Crippen LogP contribution is -2.30. The van der Waals surface area contributed by atoms with E-state index in [4.69, 9.17) is 11.6 Å². The highest BCUT2D eigenvalue weighted by Crippen LogP contribution is 2.17. The topological polar surface area (TPSA) is 81.8 Å². The summed E-state index contributed by atoms with van der Waals surface area (Å²) in [5.41, 5.74) is 0.806. The average Bonchev–Trinajstić information content (AvgIpc) is 2.94. The molecule has 0 radical (unpaired) electrons. The number of nitrogens with zero attached hydrogens (tertiary/aromatic N) is 4. The molecular formula is C14H12ClN5O2. The van der Waals surface area contributed by atoms with Crippen molar-refractivity contribution in [3.63, 3.8) is 0 Å². The van der Waals surface area contributed by atoms with Crippen LogP contribution in [0.4, 0.5) is 0 Å². The molecule has 0 fully saturated rings. The minimum atomic E-state index is -0.318. The first kappa shape index (κ1) is 14.3. The molecule has 1 amide bonds. The van der Waals surface area contributed by atoms with E-state index in [0.29, 0.717) is 21.7 Å². The molecule has 112 valence electrons. The van der Waals surface area contributed by atoms with Crippen molar-refractivity contribution in [2.75, 3.05) is 7.05 Å². The number of carbonyl (C=O) groups is 1. The number of nitrogens with one attached hydrogen (secondary N) is 1. The zero-order valence-electron chi connectivity index (χ0n) is 11.7. The Kier molecular flexibility index (Phi) is 3.64. The highest BCUT2D eigenvalue weighted by molar-refractivity contribution is 6.30. The van der Waals surface area contributed by atoms with E-state index in [2.05, 4.69) is 15.4 Å². The van der Waals surface area contributed by atoms with Crippen LogP contribution in [0.2, 0.25) is 5.02 Å². The first-order valence-electron chi connectivity index (χ1n) is 6.50. The predicted octanol–water partition coefficient (Wildman–Crippen LogP) is 0.982. The molecule has 1 aromatic carbocycles. The van der Waals surface area contributed by atoms with Crippen molar-refractivity contribution in [2.24, 2.45) is 0 Å². The number of fused-ring (bicyclic) bond motifs is 1. The van der Waals surface area contributed by atoms with E-state index in [1.165, 1.54) is 28.8 Å². The summed E-state index contributed by atoms with van der Waals surface area (Å²) >= 11 is 5.97. The maximum Gasteiger partial charge on any atom is 0.264 e.